The number of esters is 1. The summed E-state index contributed by atoms with van der Waals surface area (Å²) in [5.74, 6) is 0.582. The van der Waals surface area contributed by atoms with Crippen molar-refractivity contribution in [2.24, 2.45) is 5.41 Å². The van der Waals surface area contributed by atoms with Gasteiger partial charge in [0.2, 0.25) is 0 Å². The van der Waals surface area contributed by atoms with E-state index in [0.29, 0.717) is 5.88 Å². The van der Waals surface area contributed by atoms with Gasteiger partial charge in [-0.3, -0.25) is 4.79 Å². The third kappa shape index (κ3) is 5.43. The molecule has 0 aliphatic carbocycles. The molecule has 1 fully saturated rings. The number of hydrogen-bond donors (Lipinski definition) is 0. The second kappa shape index (κ2) is 6.06. The van der Waals surface area contributed by atoms with Gasteiger partial charge in [-0.15, -0.1) is 0 Å². The molecular formula is C16H29NO3. The highest BCUT2D eigenvalue weighted by atomic mass is 16.5. The van der Waals surface area contributed by atoms with Crippen LogP contribution in [0, 0.1) is 5.41 Å². The first-order chi connectivity index (χ1) is 8.99. The molecule has 0 bridgehead atoms. The number of carbonyl (C=O) groups is 1. The van der Waals surface area contributed by atoms with E-state index in [2.05, 4.69) is 11.5 Å². The predicted molar refractivity (Wildman–Crippen MR) is 80.1 cm³/mol. The Morgan fingerprint density at radius 1 is 1.10 bits per heavy atom. The van der Waals surface area contributed by atoms with Gasteiger partial charge in [-0.1, -0.05) is 0 Å². The van der Waals surface area contributed by atoms with Crippen molar-refractivity contribution in [1.82, 2.24) is 4.90 Å². The molecule has 4 heteroatoms. The van der Waals surface area contributed by atoms with Gasteiger partial charge in [0, 0.05) is 25.9 Å². The zero-order valence-electron chi connectivity index (χ0n) is 13.8. The van der Waals surface area contributed by atoms with Crippen molar-refractivity contribution in [1.29, 1.82) is 0 Å². The van der Waals surface area contributed by atoms with E-state index in [9.17, 15) is 4.79 Å². The van der Waals surface area contributed by atoms with Crippen LogP contribution < -0.4 is 0 Å². The molecule has 0 aromatic carbocycles. The minimum absolute atomic E-state index is 0.0143. The highest BCUT2D eigenvalue weighted by Gasteiger charge is 2.29. The summed E-state index contributed by atoms with van der Waals surface area (Å²) in [5.41, 5.74) is -0.664. The average Bonchev–Trinajstić information content (AvgIpc) is 2.26. The van der Waals surface area contributed by atoms with E-state index in [1.807, 2.05) is 41.5 Å². The molecule has 1 aliphatic rings. The molecular weight excluding hydrogens is 254 g/mol. The Hall–Kier alpha value is -1.19. The molecule has 1 rings (SSSR count). The van der Waals surface area contributed by atoms with Crippen molar-refractivity contribution >= 4 is 5.97 Å². The Kier molecular flexibility index (Phi) is 5.11. The van der Waals surface area contributed by atoms with Crippen LogP contribution >= 0.6 is 0 Å². The van der Waals surface area contributed by atoms with Crippen molar-refractivity contribution < 1.29 is 14.3 Å². The zero-order valence-corrected chi connectivity index (χ0v) is 13.8. The molecule has 0 radical (unpaired) electrons. The molecule has 1 aliphatic heterocycles. The smallest absolute Gasteiger partial charge is 0.311 e. The second-order valence-electron chi connectivity index (χ2n) is 7.45. The minimum Gasteiger partial charge on any atom is -0.474 e. The monoisotopic (exact) mass is 283 g/mol. The first-order valence-corrected chi connectivity index (χ1v) is 7.33. The lowest BCUT2D eigenvalue weighted by molar-refractivity contribution is -0.160. The van der Waals surface area contributed by atoms with Gasteiger partial charge in [0.1, 0.15) is 11.7 Å². The Bertz CT molecular complexity index is 355. The van der Waals surface area contributed by atoms with Gasteiger partial charge < -0.3 is 14.4 Å². The summed E-state index contributed by atoms with van der Waals surface area (Å²) in [5, 5.41) is 0. The summed E-state index contributed by atoms with van der Waals surface area (Å²) < 4.78 is 11.3. The van der Waals surface area contributed by atoms with Crippen LogP contribution in [-0.4, -0.2) is 35.7 Å². The van der Waals surface area contributed by atoms with E-state index in [0.717, 1.165) is 25.9 Å². The standard InChI is InChI=1S/C16H29NO3/c1-12(20-16(5,6)7)17-10-8-13(9-11-17)19-14(18)15(2,3)4/h13H,1,8-11H2,2-7H3. The Morgan fingerprint density at radius 2 is 1.60 bits per heavy atom. The quantitative estimate of drug-likeness (QED) is 0.588. The molecule has 0 atom stereocenters. The fourth-order valence-corrected chi connectivity index (χ4v) is 1.97. The summed E-state index contributed by atoms with van der Waals surface area (Å²) in [6, 6.07) is 0. The van der Waals surface area contributed by atoms with E-state index in [4.69, 9.17) is 9.47 Å². The summed E-state index contributed by atoms with van der Waals surface area (Å²) in [4.78, 5) is 14.0. The van der Waals surface area contributed by atoms with Crippen molar-refractivity contribution in [2.75, 3.05) is 13.1 Å². The largest absolute Gasteiger partial charge is 0.474 e. The molecule has 0 spiro atoms. The number of rotatable bonds is 3. The molecule has 1 saturated heterocycles. The van der Waals surface area contributed by atoms with Crippen LogP contribution in [0.3, 0.4) is 0 Å². The van der Waals surface area contributed by atoms with E-state index in [1.165, 1.54) is 0 Å². The molecule has 0 amide bonds. The van der Waals surface area contributed by atoms with Gasteiger partial charge in [-0.25, -0.2) is 0 Å². The maximum atomic E-state index is 11.9. The van der Waals surface area contributed by atoms with Gasteiger partial charge in [-0.2, -0.15) is 0 Å². The first-order valence-electron chi connectivity index (χ1n) is 7.33. The Morgan fingerprint density at radius 3 is 2.00 bits per heavy atom. The lowest BCUT2D eigenvalue weighted by Crippen LogP contribution is -2.40. The van der Waals surface area contributed by atoms with Crippen LogP contribution in [0.4, 0.5) is 0 Å². The van der Waals surface area contributed by atoms with Crippen LogP contribution in [0.1, 0.15) is 54.4 Å². The van der Waals surface area contributed by atoms with E-state index >= 15 is 0 Å². The SMILES string of the molecule is C=C(OC(C)(C)C)N1CCC(OC(=O)C(C)(C)C)CC1. The topological polar surface area (TPSA) is 38.8 Å². The zero-order chi connectivity index (χ0) is 15.6. The molecule has 0 aromatic heterocycles. The van der Waals surface area contributed by atoms with Crippen molar-refractivity contribution in [3.05, 3.63) is 12.5 Å². The second-order valence-corrected chi connectivity index (χ2v) is 7.45. The van der Waals surface area contributed by atoms with Crippen molar-refractivity contribution in [3.8, 4) is 0 Å². The fraction of sp³-hybridized carbons (Fsp3) is 0.812. The van der Waals surface area contributed by atoms with E-state index in [1.54, 1.807) is 0 Å². The third-order valence-corrected chi connectivity index (χ3v) is 3.10. The average molecular weight is 283 g/mol. The first kappa shape index (κ1) is 16.9. The van der Waals surface area contributed by atoms with Crippen LogP contribution in [0.5, 0.6) is 0 Å². The van der Waals surface area contributed by atoms with Crippen LogP contribution in [0.25, 0.3) is 0 Å². The highest BCUT2D eigenvalue weighted by molar-refractivity contribution is 5.75. The summed E-state index contributed by atoms with van der Waals surface area (Å²) in [6.07, 6.45) is 1.67. The Balaban J connectivity index is 2.41. The molecule has 0 aromatic rings. The van der Waals surface area contributed by atoms with Crippen LogP contribution in [0.15, 0.2) is 12.5 Å². The molecule has 0 N–H and O–H groups in total. The van der Waals surface area contributed by atoms with Crippen LogP contribution in [-0.2, 0) is 14.3 Å². The fourth-order valence-electron chi connectivity index (χ4n) is 1.97. The number of carbonyl (C=O) groups excluding carboxylic acids is 1. The summed E-state index contributed by atoms with van der Waals surface area (Å²) in [7, 11) is 0. The van der Waals surface area contributed by atoms with Crippen molar-refractivity contribution in [2.45, 2.75) is 66.1 Å². The molecule has 1 heterocycles. The molecule has 116 valence electrons. The lowest BCUT2D eigenvalue weighted by Gasteiger charge is -2.36. The number of hydrogen-bond acceptors (Lipinski definition) is 4. The van der Waals surface area contributed by atoms with Gasteiger partial charge in [0.25, 0.3) is 0 Å². The third-order valence-electron chi connectivity index (χ3n) is 3.10. The molecule has 20 heavy (non-hydrogen) atoms. The maximum absolute atomic E-state index is 11.9. The maximum Gasteiger partial charge on any atom is 0.311 e. The van der Waals surface area contributed by atoms with Gasteiger partial charge >= 0.3 is 5.97 Å². The minimum atomic E-state index is -0.434. The van der Waals surface area contributed by atoms with Crippen LogP contribution in [0.2, 0.25) is 0 Å². The number of ether oxygens (including phenoxy) is 2. The Labute approximate surface area is 123 Å². The van der Waals surface area contributed by atoms with Gasteiger partial charge in [0.05, 0.1) is 5.41 Å². The van der Waals surface area contributed by atoms with Crippen molar-refractivity contribution in [3.63, 3.8) is 0 Å². The molecule has 4 nitrogen and oxygen atoms in total. The predicted octanol–water partition coefficient (Wildman–Crippen LogP) is 3.33. The number of nitrogens with zero attached hydrogens (tertiary/aromatic N) is 1. The molecule has 0 saturated carbocycles. The summed E-state index contributed by atoms with van der Waals surface area (Å²) >= 11 is 0. The lowest BCUT2D eigenvalue weighted by atomic mass is 9.97. The number of piperidine rings is 1. The summed E-state index contributed by atoms with van der Waals surface area (Å²) in [6.45, 7) is 17.3. The molecule has 0 unspecified atom stereocenters. The number of likely N-dealkylation sites (tertiary alicyclic amines) is 1. The van der Waals surface area contributed by atoms with E-state index < -0.39 is 5.41 Å². The highest BCUT2D eigenvalue weighted by Crippen LogP contribution is 2.24. The van der Waals surface area contributed by atoms with Gasteiger partial charge in [-0.05, 0) is 48.1 Å². The normalized spacial score (nSPS) is 17.8. The van der Waals surface area contributed by atoms with Gasteiger partial charge in [0.15, 0.2) is 5.88 Å². The van der Waals surface area contributed by atoms with E-state index in [-0.39, 0.29) is 17.7 Å².